The summed E-state index contributed by atoms with van der Waals surface area (Å²) >= 11 is 0. The van der Waals surface area contributed by atoms with Crippen LogP contribution in [0, 0.1) is 5.41 Å². The van der Waals surface area contributed by atoms with Crippen molar-refractivity contribution in [1.82, 2.24) is 9.55 Å². The van der Waals surface area contributed by atoms with E-state index >= 15 is 0 Å². The summed E-state index contributed by atoms with van der Waals surface area (Å²) in [4.78, 5) is 4.16. The fourth-order valence-electron chi connectivity index (χ4n) is 1.79. The lowest BCUT2D eigenvalue weighted by atomic mass is 10.0. The fraction of sp³-hybridized carbons (Fsp3) is 0.700. The molecule has 2 N–H and O–H groups in total. The Morgan fingerprint density at radius 3 is 2.92 bits per heavy atom. The maximum Gasteiger partial charge on any atom is 0.0948 e. The van der Waals surface area contributed by atoms with Crippen LogP contribution in [0.25, 0.3) is 0 Å². The zero-order chi connectivity index (χ0) is 9.31. The molecule has 0 amide bonds. The number of nitrogens with two attached hydrogens (primary N) is 1. The van der Waals surface area contributed by atoms with Crippen LogP contribution >= 0.6 is 0 Å². The Bertz CT molecular complexity index is 286. The maximum atomic E-state index is 5.75. The third-order valence-corrected chi connectivity index (χ3v) is 3.09. The molecule has 3 nitrogen and oxygen atoms in total. The van der Waals surface area contributed by atoms with Gasteiger partial charge >= 0.3 is 0 Å². The molecule has 1 heterocycles. The van der Waals surface area contributed by atoms with Crippen molar-refractivity contribution in [3.8, 4) is 0 Å². The number of aromatic nitrogens is 2. The van der Waals surface area contributed by atoms with Crippen molar-refractivity contribution < 1.29 is 0 Å². The summed E-state index contributed by atoms with van der Waals surface area (Å²) in [5.74, 6) is 0. The zero-order valence-corrected chi connectivity index (χ0v) is 8.16. The van der Waals surface area contributed by atoms with Crippen molar-refractivity contribution in [2.75, 3.05) is 6.54 Å². The number of aryl methyl sites for hydroxylation is 1. The van der Waals surface area contributed by atoms with E-state index < -0.39 is 0 Å². The predicted octanol–water partition coefficient (Wildman–Crippen LogP) is 1.18. The second-order valence-electron chi connectivity index (χ2n) is 4.05. The molecular weight excluding hydrogens is 162 g/mol. The lowest BCUT2D eigenvalue weighted by Crippen LogP contribution is -2.19. The number of nitrogens with zero attached hydrogens (tertiary/aromatic N) is 2. The zero-order valence-electron chi connectivity index (χ0n) is 8.16. The van der Waals surface area contributed by atoms with E-state index in [0.717, 1.165) is 19.5 Å². The summed E-state index contributed by atoms with van der Waals surface area (Å²) in [7, 11) is 0. The first-order chi connectivity index (χ1) is 6.29. The average molecular weight is 179 g/mol. The molecule has 1 aromatic rings. The van der Waals surface area contributed by atoms with E-state index in [2.05, 4.69) is 16.5 Å². The van der Waals surface area contributed by atoms with Crippen LogP contribution in [0.1, 0.15) is 25.5 Å². The van der Waals surface area contributed by atoms with Gasteiger partial charge in [-0.2, -0.15) is 0 Å². The van der Waals surface area contributed by atoms with Gasteiger partial charge in [0.25, 0.3) is 0 Å². The average Bonchev–Trinajstić information content (AvgIpc) is 2.78. The lowest BCUT2D eigenvalue weighted by Gasteiger charge is -2.12. The first-order valence-corrected chi connectivity index (χ1v) is 4.99. The van der Waals surface area contributed by atoms with E-state index in [0.29, 0.717) is 5.41 Å². The molecule has 1 fully saturated rings. The highest BCUT2D eigenvalue weighted by Crippen LogP contribution is 2.47. The van der Waals surface area contributed by atoms with Gasteiger partial charge in [-0.25, -0.2) is 4.98 Å². The molecule has 1 aromatic heterocycles. The molecule has 0 bridgehead atoms. The van der Waals surface area contributed by atoms with Gasteiger partial charge in [0.1, 0.15) is 0 Å². The Labute approximate surface area is 79.0 Å². The highest BCUT2D eigenvalue weighted by atomic mass is 15.0. The summed E-state index contributed by atoms with van der Waals surface area (Å²) in [6, 6.07) is 0. The summed E-state index contributed by atoms with van der Waals surface area (Å²) in [6.45, 7) is 3.98. The van der Waals surface area contributed by atoms with Gasteiger partial charge in [0, 0.05) is 18.4 Å². The van der Waals surface area contributed by atoms with Crippen molar-refractivity contribution in [2.45, 2.75) is 32.7 Å². The molecule has 13 heavy (non-hydrogen) atoms. The van der Waals surface area contributed by atoms with Crippen LogP contribution in [-0.2, 0) is 13.0 Å². The van der Waals surface area contributed by atoms with Crippen LogP contribution in [-0.4, -0.2) is 16.1 Å². The molecule has 0 atom stereocenters. The van der Waals surface area contributed by atoms with Crippen LogP contribution < -0.4 is 5.73 Å². The van der Waals surface area contributed by atoms with Gasteiger partial charge in [0.2, 0.25) is 0 Å². The Balaban J connectivity index is 2.09. The van der Waals surface area contributed by atoms with Crippen molar-refractivity contribution in [3.05, 3.63) is 18.2 Å². The number of hydrogen-bond acceptors (Lipinski definition) is 2. The number of hydrogen-bond donors (Lipinski definition) is 1. The van der Waals surface area contributed by atoms with Crippen LogP contribution in [0.15, 0.2) is 12.5 Å². The molecule has 0 aliphatic heterocycles. The van der Waals surface area contributed by atoms with Crippen molar-refractivity contribution in [1.29, 1.82) is 0 Å². The lowest BCUT2D eigenvalue weighted by molar-refractivity contribution is 0.499. The molecule has 1 aliphatic rings. The maximum absolute atomic E-state index is 5.75. The summed E-state index contributed by atoms with van der Waals surface area (Å²) in [5, 5.41) is 0. The summed E-state index contributed by atoms with van der Waals surface area (Å²) in [5.41, 5.74) is 7.51. The van der Waals surface area contributed by atoms with Crippen molar-refractivity contribution in [2.24, 2.45) is 11.1 Å². The van der Waals surface area contributed by atoms with Gasteiger partial charge in [-0.1, -0.05) is 0 Å². The topological polar surface area (TPSA) is 43.8 Å². The molecule has 0 saturated heterocycles. The highest BCUT2D eigenvalue weighted by molar-refractivity contribution is 5.08. The van der Waals surface area contributed by atoms with Gasteiger partial charge in [-0.05, 0) is 38.1 Å². The Kier molecular flexibility index (Phi) is 2.12. The number of rotatable bonds is 4. The normalized spacial score (nSPS) is 18.9. The van der Waals surface area contributed by atoms with E-state index in [9.17, 15) is 0 Å². The Morgan fingerprint density at radius 1 is 1.62 bits per heavy atom. The van der Waals surface area contributed by atoms with Crippen LogP contribution in [0.5, 0.6) is 0 Å². The monoisotopic (exact) mass is 179 g/mol. The molecule has 1 aliphatic carbocycles. The minimum Gasteiger partial charge on any atom is -0.335 e. The van der Waals surface area contributed by atoms with E-state index in [1.807, 2.05) is 12.5 Å². The molecule has 0 unspecified atom stereocenters. The predicted molar refractivity (Wildman–Crippen MR) is 52.3 cm³/mol. The first kappa shape index (κ1) is 8.75. The van der Waals surface area contributed by atoms with Crippen molar-refractivity contribution in [3.63, 3.8) is 0 Å². The molecule has 72 valence electrons. The minimum absolute atomic E-state index is 0.424. The standard InChI is InChI=1S/C10H17N3/c1-2-13-8-12-6-9(13)5-10(7-11)3-4-10/h6,8H,2-5,7,11H2,1H3. The fourth-order valence-corrected chi connectivity index (χ4v) is 1.79. The smallest absolute Gasteiger partial charge is 0.0948 e. The Morgan fingerprint density at radius 2 is 2.38 bits per heavy atom. The molecule has 0 spiro atoms. The third kappa shape index (κ3) is 1.61. The summed E-state index contributed by atoms with van der Waals surface area (Å²) < 4.78 is 2.20. The van der Waals surface area contributed by atoms with E-state index in [1.165, 1.54) is 18.5 Å². The molecule has 2 rings (SSSR count). The summed E-state index contributed by atoms with van der Waals surface area (Å²) in [6.07, 6.45) is 7.56. The van der Waals surface area contributed by atoms with E-state index in [-0.39, 0.29) is 0 Å². The minimum atomic E-state index is 0.424. The molecule has 0 radical (unpaired) electrons. The number of imidazole rings is 1. The molecule has 3 heteroatoms. The highest BCUT2D eigenvalue weighted by Gasteiger charge is 2.41. The van der Waals surface area contributed by atoms with Crippen LogP contribution in [0.2, 0.25) is 0 Å². The molecular formula is C10H17N3. The largest absolute Gasteiger partial charge is 0.335 e. The van der Waals surface area contributed by atoms with Gasteiger partial charge < -0.3 is 10.3 Å². The second-order valence-corrected chi connectivity index (χ2v) is 4.05. The first-order valence-electron chi connectivity index (χ1n) is 4.99. The van der Waals surface area contributed by atoms with Gasteiger partial charge in [0.05, 0.1) is 6.33 Å². The van der Waals surface area contributed by atoms with E-state index in [1.54, 1.807) is 0 Å². The van der Waals surface area contributed by atoms with Crippen LogP contribution in [0.4, 0.5) is 0 Å². The van der Waals surface area contributed by atoms with Gasteiger partial charge in [0.15, 0.2) is 0 Å². The SMILES string of the molecule is CCn1cncc1CC1(CN)CC1. The second kappa shape index (κ2) is 3.14. The molecule has 0 aromatic carbocycles. The van der Waals surface area contributed by atoms with Crippen molar-refractivity contribution >= 4 is 0 Å². The third-order valence-electron chi connectivity index (χ3n) is 3.09. The molecule has 1 saturated carbocycles. The Hall–Kier alpha value is -0.830. The van der Waals surface area contributed by atoms with Crippen LogP contribution in [0.3, 0.4) is 0 Å². The quantitative estimate of drug-likeness (QED) is 0.754. The van der Waals surface area contributed by atoms with E-state index in [4.69, 9.17) is 5.73 Å². The van der Waals surface area contributed by atoms with Gasteiger partial charge in [-0.15, -0.1) is 0 Å². The van der Waals surface area contributed by atoms with Gasteiger partial charge in [-0.3, -0.25) is 0 Å².